The van der Waals surface area contributed by atoms with Gasteiger partial charge in [-0.25, -0.2) is 0 Å². The lowest BCUT2D eigenvalue weighted by atomic mass is 10.0. The molecule has 0 fully saturated rings. The van der Waals surface area contributed by atoms with Gasteiger partial charge < -0.3 is 10.6 Å². The van der Waals surface area contributed by atoms with Crippen LogP contribution in [0.4, 0.5) is 11.4 Å². The molecule has 3 aromatic rings. The molecule has 148 valence electrons. The summed E-state index contributed by atoms with van der Waals surface area (Å²) in [5, 5.41) is 5.81. The van der Waals surface area contributed by atoms with Gasteiger partial charge in [0.05, 0.1) is 11.5 Å². The van der Waals surface area contributed by atoms with Crippen molar-refractivity contribution in [3.63, 3.8) is 0 Å². The number of hydrogen-bond acceptors (Lipinski definition) is 3. The molecule has 0 aliphatic heterocycles. The Morgan fingerprint density at radius 3 is 2.10 bits per heavy atom. The lowest BCUT2D eigenvalue weighted by Crippen LogP contribution is -2.19. The summed E-state index contributed by atoms with van der Waals surface area (Å²) >= 11 is 1.30. The summed E-state index contributed by atoms with van der Waals surface area (Å²) in [4.78, 5) is 24.4. The maximum Gasteiger partial charge on any atom is 0.234 e. The minimum Gasteiger partial charge on any atom is -0.325 e. The first-order valence-electron chi connectivity index (χ1n) is 9.46. The predicted octanol–water partition coefficient (Wildman–Crippen LogP) is 4.90. The van der Waals surface area contributed by atoms with E-state index >= 15 is 0 Å². The zero-order valence-corrected chi connectivity index (χ0v) is 17.2. The third kappa shape index (κ3) is 6.80. The molecule has 2 amide bonds. The minimum atomic E-state index is -0.115. The number of hydrogen-bond donors (Lipinski definition) is 2. The van der Waals surface area contributed by atoms with Crippen LogP contribution in [0.3, 0.4) is 0 Å². The molecule has 0 spiro atoms. The maximum atomic E-state index is 12.3. The van der Waals surface area contributed by atoms with E-state index in [1.807, 2.05) is 73.7 Å². The highest BCUT2D eigenvalue weighted by molar-refractivity contribution is 8.00. The molecule has 0 saturated carbocycles. The Morgan fingerprint density at radius 1 is 0.759 bits per heavy atom. The lowest BCUT2D eigenvalue weighted by molar-refractivity contribution is -0.114. The molecule has 0 aliphatic carbocycles. The molecule has 5 heteroatoms. The Hall–Kier alpha value is -3.05. The van der Waals surface area contributed by atoms with E-state index in [4.69, 9.17) is 0 Å². The first-order valence-corrected chi connectivity index (χ1v) is 10.6. The number of benzene rings is 3. The molecule has 0 bridgehead atoms. The highest BCUT2D eigenvalue weighted by Gasteiger charge is 2.09. The molecule has 3 aromatic carbocycles. The number of amides is 2. The van der Waals surface area contributed by atoms with E-state index in [2.05, 4.69) is 22.8 Å². The van der Waals surface area contributed by atoms with Crippen molar-refractivity contribution in [2.75, 3.05) is 22.1 Å². The molecule has 3 rings (SSSR count). The monoisotopic (exact) mass is 404 g/mol. The van der Waals surface area contributed by atoms with E-state index in [1.54, 1.807) is 0 Å². The van der Waals surface area contributed by atoms with Gasteiger partial charge in [-0.15, -0.1) is 11.8 Å². The number of carbonyl (C=O) groups excluding carboxylic acids is 2. The number of nitrogens with one attached hydrogen (secondary N) is 2. The van der Waals surface area contributed by atoms with Crippen molar-refractivity contribution in [3.8, 4) is 0 Å². The van der Waals surface area contributed by atoms with E-state index in [-0.39, 0.29) is 23.3 Å². The van der Waals surface area contributed by atoms with Crippen LogP contribution >= 0.6 is 11.8 Å². The van der Waals surface area contributed by atoms with Crippen LogP contribution in [0.2, 0.25) is 0 Å². The third-order valence-corrected chi connectivity index (χ3v) is 5.26. The van der Waals surface area contributed by atoms with Gasteiger partial charge in [0.25, 0.3) is 0 Å². The van der Waals surface area contributed by atoms with Crippen molar-refractivity contribution in [3.05, 3.63) is 95.6 Å². The fourth-order valence-corrected chi connectivity index (χ4v) is 3.49. The summed E-state index contributed by atoms with van der Waals surface area (Å²) in [6.07, 6.45) is 0.753. The summed E-state index contributed by atoms with van der Waals surface area (Å²) in [6.45, 7) is 2.00. The SMILES string of the molecule is Cc1ccc(NC(=O)CSCC(=O)Nc2ccccc2Cc2ccccc2)cc1. The molecule has 0 unspecified atom stereocenters. The van der Waals surface area contributed by atoms with E-state index in [0.717, 1.165) is 28.9 Å². The van der Waals surface area contributed by atoms with Crippen LogP contribution in [0, 0.1) is 6.92 Å². The fraction of sp³-hybridized carbons (Fsp3) is 0.167. The molecule has 0 radical (unpaired) electrons. The molecule has 0 saturated heterocycles. The van der Waals surface area contributed by atoms with E-state index in [0.29, 0.717) is 0 Å². The Bertz CT molecular complexity index is 956. The molecular formula is C24H24N2O2S. The lowest BCUT2D eigenvalue weighted by Gasteiger charge is -2.11. The van der Waals surface area contributed by atoms with E-state index < -0.39 is 0 Å². The normalized spacial score (nSPS) is 10.4. The van der Waals surface area contributed by atoms with Crippen molar-refractivity contribution < 1.29 is 9.59 Å². The van der Waals surface area contributed by atoms with Crippen LogP contribution in [0.25, 0.3) is 0 Å². The van der Waals surface area contributed by atoms with E-state index in [1.165, 1.54) is 17.3 Å². The van der Waals surface area contributed by atoms with Gasteiger partial charge in [-0.05, 0) is 42.7 Å². The van der Waals surface area contributed by atoms with Crippen LogP contribution < -0.4 is 10.6 Å². The number of thioether (sulfide) groups is 1. The smallest absolute Gasteiger partial charge is 0.234 e. The van der Waals surface area contributed by atoms with Crippen molar-refractivity contribution in [2.24, 2.45) is 0 Å². The third-order valence-electron chi connectivity index (χ3n) is 4.33. The Balaban J connectivity index is 1.47. The molecule has 29 heavy (non-hydrogen) atoms. The van der Waals surface area contributed by atoms with Gasteiger partial charge in [-0.1, -0.05) is 66.2 Å². The molecule has 0 aromatic heterocycles. The number of aryl methyl sites for hydroxylation is 1. The van der Waals surface area contributed by atoms with Gasteiger partial charge in [-0.3, -0.25) is 9.59 Å². The Morgan fingerprint density at radius 2 is 1.38 bits per heavy atom. The summed E-state index contributed by atoms with van der Waals surface area (Å²) in [7, 11) is 0. The topological polar surface area (TPSA) is 58.2 Å². The second-order valence-electron chi connectivity index (χ2n) is 6.77. The molecule has 4 nitrogen and oxygen atoms in total. The summed E-state index contributed by atoms with van der Waals surface area (Å²) in [5.74, 6) is 0.225. The first kappa shape index (κ1) is 20.7. The van der Waals surface area contributed by atoms with Crippen LogP contribution in [-0.4, -0.2) is 23.3 Å². The average molecular weight is 405 g/mol. The second kappa shape index (κ2) is 10.5. The summed E-state index contributed by atoms with van der Waals surface area (Å²) in [6, 6.07) is 25.6. The van der Waals surface area contributed by atoms with Gasteiger partial charge in [0.2, 0.25) is 11.8 Å². The highest BCUT2D eigenvalue weighted by atomic mass is 32.2. The van der Waals surface area contributed by atoms with Crippen molar-refractivity contribution in [2.45, 2.75) is 13.3 Å². The van der Waals surface area contributed by atoms with Gasteiger partial charge in [0.1, 0.15) is 0 Å². The van der Waals surface area contributed by atoms with Gasteiger partial charge in [-0.2, -0.15) is 0 Å². The fourth-order valence-electron chi connectivity index (χ4n) is 2.87. The predicted molar refractivity (Wildman–Crippen MR) is 121 cm³/mol. The molecule has 0 aliphatic rings. The average Bonchev–Trinajstić information content (AvgIpc) is 2.72. The molecule has 0 heterocycles. The van der Waals surface area contributed by atoms with Gasteiger partial charge in [0, 0.05) is 11.4 Å². The Labute approximate surface area is 175 Å². The van der Waals surface area contributed by atoms with E-state index in [9.17, 15) is 9.59 Å². The van der Waals surface area contributed by atoms with Crippen molar-refractivity contribution in [1.82, 2.24) is 0 Å². The highest BCUT2D eigenvalue weighted by Crippen LogP contribution is 2.19. The van der Waals surface area contributed by atoms with Gasteiger partial charge in [0.15, 0.2) is 0 Å². The van der Waals surface area contributed by atoms with Crippen molar-refractivity contribution in [1.29, 1.82) is 0 Å². The van der Waals surface area contributed by atoms with Crippen LogP contribution in [-0.2, 0) is 16.0 Å². The summed E-state index contributed by atoms with van der Waals surface area (Å²) < 4.78 is 0. The Kier molecular flexibility index (Phi) is 7.47. The zero-order chi connectivity index (χ0) is 20.5. The van der Waals surface area contributed by atoms with Crippen LogP contribution in [0.5, 0.6) is 0 Å². The second-order valence-corrected chi connectivity index (χ2v) is 7.76. The van der Waals surface area contributed by atoms with Gasteiger partial charge >= 0.3 is 0 Å². The number of rotatable bonds is 8. The zero-order valence-electron chi connectivity index (χ0n) is 16.4. The van der Waals surface area contributed by atoms with Crippen LogP contribution in [0.1, 0.15) is 16.7 Å². The number of para-hydroxylation sites is 1. The number of anilines is 2. The van der Waals surface area contributed by atoms with Crippen molar-refractivity contribution >= 4 is 35.0 Å². The molecular weight excluding hydrogens is 380 g/mol. The molecule has 0 atom stereocenters. The van der Waals surface area contributed by atoms with Crippen LogP contribution in [0.15, 0.2) is 78.9 Å². The largest absolute Gasteiger partial charge is 0.325 e. The maximum absolute atomic E-state index is 12.3. The minimum absolute atomic E-state index is 0.112. The first-order chi connectivity index (χ1) is 14.1. The number of carbonyl (C=O) groups is 2. The molecule has 2 N–H and O–H groups in total. The standard InChI is InChI=1S/C24H24N2O2S/c1-18-11-13-21(14-12-18)25-23(27)16-29-17-24(28)26-22-10-6-5-9-20(22)15-19-7-3-2-4-8-19/h2-14H,15-17H2,1H3,(H,25,27)(H,26,28). The summed E-state index contributed by atoms with van der Waals surface area (Å²) in [5.41, 5.74) is 4.97. The quantitative estimate of drug-likeness (QED) is 0.562.